The zero-order chi connectivity index (χ0) is 10.3. The van der Waals surface area contributed by atoms with Crippen molar-refractivity contribution in [2.75, 3.05) is 6.61 Å². The minimum atomic E-state index is -1.16. The van der Waals surface area contributed by atoms with Crippen LogP contribution in [0, 0.1) is 0 Å². The second-order valence-electron chi connectivity index (χ2n) is 3.27. The van der Waals surface area contributed by atoms with Crippen molar-refractivity contribution in [2.45, 2.75) is 30.6 Å². The standard InChI is InChI=1S/C7H11NO5S/c9-1-2-3(10)4(11)5-6(12-2)8-7(14)13-5/h2-6,9-11H,1H2,(H,8,14)/t2-,3+,4+,5-,6-/m1/s1. The van der Waals surface area contributed by atoms with Gasteiger partial charge in [-0.25, -0.2) is 0 Å². The van der Waals surface area contributed by atoms with Crippen molar-refractivity contribution in [1.82, 2.24) is 5.32 Å². The van der Waals surface area contributed by atoms with E-state index in [4.69, 9.17) is 26.8 Å². The second kappa shape index (κ2) is 3.59. The van der Waals surface area contributed by atoms with Gasteiger partial charge in [-0.15, -0.1) is 0 Å². The van der Waals surface area contributed by atoms with Crippen LogP contribution in [-0.4, -0.2) is 57.7 Å². The quantitative estimate of drug-likeness (QED) is 0.370. The number of rotatable bonds is 1. The van der Waals surface area contributed by atoms with Gasteiger partial charge in [0.15, 0.2) is 12.3 Å². The van der Waals surface area contributed by atoms with Gasteiger partial charge in [0.25, 0.3) is 5.17 Å². The fourth-order valence-corrected chi connectivity index (χ4v) is 1.84. The molecule has 2 aliphatic rings. The molecular formula is C7H11NO5S. The van der Waals surface area contributed by atoms with E-state index >= 15 is 0 Å². The van der Waals surface area contributed by atoms with Gasteiger partial charge in [0.05, 0.1) is 6.61 Å². The van der Waals surface area contributed by atoms with Crippen LogP contribution in [0.3, 0.4) is 0 Å². The van der Waals surface area contributed by atoms with Crippen molar-refractivity contribution >= 4 is 17.4 Å². The minimum absolute atomic E-state index is 0.129. The Kier molecular flexibility index (Phi) is 2.58. The Bertz CT molecular complexity index is 250. The summed E-state index contributed by atoms with van der Waals surface area (Å²) in [7, 11) is 0. The number of hydrogen-bond donors (Lipinski definition) is 4. The number of hydrogen-bond acceptors (Lipinski definition) is 6. The van der Waals surface area contributed by atoms with E-state index in [0.29, 0.717) is 0 Å². The number of aliphatic hydroxyl groups excluding tert-OH is 3. The van der Waals surface area contributed by atoms with E-state index in [1.54, 1.807) is 0 Å². The van der Waals surface area contributed by atoms with E-state index in [-0.39, 0.29) is 11.8 Å². The molecule has 2 aliphatic heterocycles. The molecule has 2 heterocycles. The molecule has 80 valence electrons. The van der Waals surface area contributed by atoms with Gasteiger partial charge in [0.1, 0.15) is 18.3 Å². The van der Waals surface area contributed by atoms with E-state index in [0.717, 1.165) is 0 Å². The normalized spacial score (nSPS) is 46.8. The molecule has 0 amide bonds. The summed E-state index contributed by atoms with van der Waals surface area (Å²) in [5.74, 6) is 0. The van der Waals surface area contributed by atoms with E-state index in [1.165, 1.54) is 0 Å². The number of nitrogens with one attached hydrogen (secondary N) is 1. The first-order valence-electron chi connectivity index (χ1n) is 4.23. The summed E-state index contributed by atoms with van der Waals surface area (Å²) < 4.78 is 10.3. The molecule has 0 saturated carbocycles. The molecule has 5 atom stereocenters. The molecule has 7 heteroatoms. The molecule has 4 N–H and O–H groups in total. The van der Waals surface area contributed by atoms with Gasteiger partial charge in [-0.1, -0.05) is 0 Å². The maximum Gasteiger partial charge on any atom is 0.259 e. The predicted octanol–water partition coefficient (Wildman–Crippen LogP) is -2.30. The monoisotopic (exact) mass is 221 g/mol. The summed E-state index contributed by atoms with van der Waals surface area (Å²) in [6, 6.07) is 0. The van der Waals surface area contributed by atoms with Gasteiger partial charge in [-0.3, -0.25) is 0 Å². The van der Waals surface area contributed by atoms with E-state index in [9.17, 15) is 10.2 Å². The lowest BCUT2D eigenvalue weighted by Gasteiger charge is -2.37. The molecule has 0 unspecified atom stereocenters. The molecule has 2 saturated heterocycles. The minimum Gasteiger partial charge on any atom is -0.460 e. The van der Waals surface area contributed by atoms with Crippen LogP contribution in [0.2, 0.25) is 0 Å². The summed E-state index contributed by atoms with van der Waals surface area (Å²) in [5, 5.41) is 30.8. The highest BCUT2D eigenvalue weighted by Crippen LogP contribution is 2.25. The van der Waals surface area contributed by atoms with Crippen LogP contribution in [-0.2, 0) is 9.47 Å². The molecule has 6 nitrogen and oxygen atoms in total. The highest BCUT2D eigenvalue weighted by atomic mass is 32.1. The number of aliphatic hydroxyl groups is 3. The summed E-state index contributed by atoms with van der Waals surface area (Å²) in [6.07, 6.45) is -4.40. The Morgan fingerprint density at radius 1 is 1.36 bits per heavy atom. The van der Waals surface area contributed by atoms with Crippen molar-refractivity contribution in [3.05, 3.63) is 0 Å². The van der Waals surface area contributed by atoms with Gasteiger partial charge in [0, 0.05) is 0 Å². The molecule has 2 fully saturated rings. The summed E-state index contributed by atoms with van der Waals surface area (Å²) >= 11 is 4.73. The molecule has 14 heavy (non-hydrogen) atoms. The molecule has 0 spiro atoms. The van der Waals surface area contributed by atoms with Crippen LogP contribution in [0.15, 0.2) is 0 Å². The summed E-state index contributed by atoms with van der Waals surface area (Å²) in [6.45, 7) is -0.365. The smallest absolute Gasteiger partial charge is 0.259 e. The lowest BCUT2D eigenvalue weighted by molar-refractivity contribution is -0.214. The fourth-order valence-electron chi connectivity index (χ4n) is 1.61. The van der Waals surface area contributed by atoms with Crippen molar-refractivity contribution in [1.29, 1.82) is 0 Å². The van der Waals surface area contributed by atoms with Crippen molar-refractivity contribution in [3.63, 3.8) is 0 Å². The highest BCUT2D eigenvalue weighted by Gasteiger charge is 2.49. The molecule has 0 aromatic heterocycles. The molecule has 0 aromatic rings. The van der Waals surface area contributed by atoms with Gasteiger partial charge < -0.3 is 30.1 Å². The molecule has 0 bridgehead atoms. The number of thiocarbonyl (C=S) groups is 1. The Balaban J connectivity index is 2.13. The first kappa shape index (κ1) is 10.1. The van der Waals surface area contributed by atoms with Crippen molar-refractivity contribution in [3.8, 4) is 0 Å². The SMILES string of the molecule is OC[C@H]1O[C@H]2NC(=S)O[C@@H]2[C@@H](O)[C@H]1O. The van der Waals surface area contributed by atoms with Crippen LogP contribution < -0.4 is 5.32 Å². The number of ether oxygens (including phenoxy) is 2. The molecular weight excluding hydrogens is 210 g/mol. The highest BCUT2D eigenvalue weighted by molar-refractivity contribution is 7.80. The Morgan fingerprint density at radius 2 is 2.07 bits per heavy atom. The van der Waals surface area contributed by atoms with Crippen LogP contribution in [0.1, 0.15) is 0 Å². The predicted molar refractivity (Wildman–Crippen MR) is 48.4 cm³/mol. The van der Waals surface area contributed by atoms with Crippen molar-refractivity contribution in [2.24, 2.45) is 0 Å². The van der Waals surface area contributed by atoms with Crippen LogP contribution >= 0.6 is 12.2 Å². The Hall–Kier alpha value is -0.470. The first-order valence-corrected chi connectivity index (χ1v) is 4.64. The lowest BCUT2D eigenvalue weighted by atomic mass is 9.99. The third kappa shape index (κ3) is 1.47. The molecule has 0 radical (unpaired) electrons. The average Bonchev–Trinajstić information content (AvgIpc) is 2.52. The largest absolute Gasteiger partial charge is 0.460 e. The van der Waals surface area contributed by atoms with E-state index in [1.807, 2.05) is 0 Å². The fraction of sp³-hybridized carbons (Fsp3) is 0.857. The summed E-state index contributed by atoms with van der Waals surface area (Å²) in [4.78, 5) is 0. The van der Waals surface area contributed by atoms with Crippen molar-refractivity contribution < 1.29 is 24.8 Å². The van der Waals surface area contributed by atoms with Crippen LogP contribution in [0.5, 0.6) is 0 Å². The van der Waals surface area contributed by atoms with Crippen LogP contribution in [0.25, 0.3) is 0 Å². The zero-order valence-corrected chi connectivity index (χ0v) is 7.98. The van der Waals surface area contributed by atoms with Crippen LogP contribution in [0.4, 0.5) is 0 Å². The van der Waals surface area contributed by atoms with E-state index < -0.39 is 30.6 Å². The van der Waals surface area contributed by atoms with Gasteiger partial charge in [-0.2, -0.15) is 0 Å². The molecule has 2 rings (SSSR count). The zero-order valence-electron chi connectivity index (χ0n) is 7.16. The average molecular weight is 221 g/mol. The number of fused-ring (bicyclic) bond motifs is 1. The third-order valence-corrected chi connectivity index (χ3v) is 2.58. The maximum atomic E-state index is 9.60. The Morgan fingerprint density at radius 3 is 2.71 bits per heavy atom. The van der Waals surface area contributed by atoms with Gasteiger partial charge in [-0.05, 0) is 12.2 Å². The second-order valence-corrected chi connectivity index (χ2v) is 3.64. The topological polar surface area (TPSA) is 91.2 Å². The summed E-state index contributed by atoms with van der Waals surface area (Å²) in [5.41, 5.74) is 0. The van der Waals surface area contributed by atoms with Gasteiger partial charge >= 0.3 is 0 Å². The lowest BCUT2D eigenvalue weighted by Crippen LogP contribution is -2.59. The van der Waals surface area contributed by atoms with Gasteiger partial charge in [0.2, 0.25) is 0 Å². The first-order chi connectivity index (χ1) is 6.63. The third-order valence-electron chi connectivity index (χ3n) is 2.37. The maximum absolute atomic E-state index is 9.60. The van der Waals surface area contributed by atoms with E-state index in [2.05, 4.69) is 5.32 Å². The Labute approximate surface area is 85.4 Å². The molecule has 0 aliphatic carbocycles. The molecule has 0 aromatic carbocycles.